The third-order valence-corrected chi connectivity index (χ3v) is 7.69. The van der Waals surface area contributed by atoms with Crippen LogP contribution in [0.1, 0.15) is 12.1 Å². The monoisotopic (exact) mass is 482 g/mol. The van der Waals surface area contributed by atoms with Gasteiger partial charge in [-0.2, -0.15) is 4.31 Å². The summed E-state index contributed by atoms with van der Waals surface area (Å²) in [6.07, 6.45) is 0.724. The summed E-state index contributed by atoms with van der Waals surface area (Å²) in [5.74, 6) is 0.438. The topological polar surface area (TPSA) is 110 Å². The van der Waals surface area contributed by atoms with Crippen LogP contribution in [0, 0.1) is 0 Å². The van der Waals surface area contributed by atoms with E-state index in [1.165, 1.54) is 30.5 Å². The van der Waals surface area contributed by atoms with Crippen molar-refractivity contribution in [2.24, 2.45) is 0 Å². The van der Waals surface area contributed by atoms with Crippen molar-refractivity contribution in [3.63, 3.8) is 0 Å². The van der Waals surface area contributed by atoms with Gasteiger partial charge >= 0.3 is 0 Å². The van der Waals surface area contributed by atoms with Crippen molar-refractivity contribution in [1.82, 2.24) is 14.2 Å². The van der Waals surface area contributed by atoms with E-state index in [9.17, 15) is 13.2 Å². The number of fused-ring (bicyclic) bond motifs is 1. The molecular formula is C20H26N4O6S2. The Morgan fingerprint density at radius 1 is 1.19 bits per heavy atom. The molecule has 2 aromatic rings. The number of likely N-dealkylation sites (N-methyl/N-ethyl adjacent to an activating group) is 1. The van der Waals surface area contributed by atoms with Gasteiger partial charge in [0.2, 0.25) is 15.9 Å². The number of nitrogens with one attached hydrogen (secondary N) is 1. The largest absolute Gasteiger partial charge is 0.490 e. The molecule has 10 nitrogen and oxygen atoms in total. The van der Waals surface area contributed by atoms with Crippen LogP contribution >= 0.6 is 11.3 Å². The van der Waals surface area contributed by atoms with Crippen LogP contribution in [0.5, 0.6) is 11.5 Å². The number of rotatable bonds is 7. The number of thiazole rings is 1. The van der Waals surface area contributed by atoms with Crippen LogP contribution in [0.3, 0.4) is 0 Å². The SMILES string of the molecule is CN(CC(=O)Nc1nc(CN2CCOCC2)cs1)S(=O)(=O)c1ccc2c(c1)OCCCO2. The van der Waals surface area contributed by atoms with Gasteiger partial charge < -0.3 is 19.5 Å². The Balaban J connectivity index is 1.35. The first kappa shape index (κ1) is 22.9. The molecule has 174 valence electrons. The predicted molar refractivity (Wildman–Crippen MR) is 119 cm³/mol. The fourth-order valence-electron chi connectivity index (χ4n) is 3.36. The molecule has 2 aliphatic rings. The Kier molecular flexibility index (Phi) is 7.26. The molecule has 3 heterocycles. The van der Waals surface area contributed by atoms with Crippen LogP contribution in [-0.4, -0.2) is 81.6 Å². The average Bonchev–Trinajstić information content (AvgIpc) is 3.06. The van der Waals surface area contributed by atoms with E-state index < -0.39 is 15.9 Å². The summed E-state index contributed by atoms with van der Waals surface area (Å²) >= 11 is 1.32. The molecule has 1 fully saturated rings. The zero-order valence-corrected chi connectivity index (χ0v) is 19.4. The highest BCUT2D eigenvalue weighted by molar-refractivity contribution is 7.89. The van der Waals surface area contributed by atoms with Crippen molar-refractivity contribution in [2.75, 3.05) is 58.4 Å². The van der Waals surface area contributed by atoms with Crippen molar-refractivity contribution < 1.29 is 27.4 Å². The summed E-state index contributed by atoms with van der Waals surface area (Å²) in [5, 5.41) is 5.02. The van der Waals surface area contributed by atoms with Gasteiger partial charge in [0, 0.05) is 44.5 Å². The van der Waals surface area contributed by atoms with Gasteiger partial charge in [0.15, 0.2) is 16.6 Å². The van der Waals surface area contributed by atoms with Gasteiger partial charge in [-0.15, -0.1) is 11.3 Å². The number of hydrogen-bond donors (Lipinski definition) is 1. The molecule has 0 radical (unpaired) electrons. The summed E-state index contributed by atoms with van der Waals surface area (Å²) in [4.78, 5) is 19.2. The van der Waals surface area contributed by atoms with Gasteiger partial charge in [-0.05, 0) is 12.1 Å². The van der Waals surface area contributed by atoms with Gasteiger partial charge in [-0.25, -0.2) is 13.4 Å². The molecule has 1 amide bonds. The second-order valence-corrected chi connectivity index (χ2v) is 10.4. The standard InChI is InChI=1S/C20H26N4O6S2/c1-23(32(26,27)16-3-4-17-18(11-16)30-8-2-7-29-17)13-19(25)22-20-21-15(14-31-20)12-24-5-9-28-10-6-24/h3-4,11,14H,2,5-10,12-13H2,1H3,(H,21,22,25). The first-order valence-corrected chi connectivity index (χ1v) is 12.6. The number of sulfonamides is 1. The lowest BCUT2D eigenvalue weighted by Crippen LogP contribution is -2.35. The van der Waals surface area contributed by atoms with Crippen LogP contribution in [0.2, 0.25) is 0 Å². The van der Waals surface area contributed by atoms with Crippen molar-refractivity contribution in [3.8, 4) is 11.5 Å². The van der Waals surface area contributed by atoms with Crippen molar-refractivity contribution in [2.45, 2.75) is 17.9 Å². The van der Waals surface area contributed by atoms with Crippen LogP contribution < -0.4 is 14.8 Å². The molecule has 0 aliphatic carbocycles. The molecule has 1 N–H and O–H groups in total. The van der Waals surface area contributed by atoms with E-state index in [0.717, 1.165) is 29.5 Å². The molecule has 4 rings (SSSR count). The van der Waals surface area contributed by atoms with E-state index in [0.29, 0.717) is 49.6 Å². The van der Waals surface area contributed by atoms with E-state index in [-0.39, 0.29) is 11.4 Å². The second kappa shape index (κ2) is 10.1. The van der Waals surface area contributed by atoms with E-state index >= 15 is 0 Å². The Bertz CT molecular complexity index is 1050. The number of morpholine rings is 1. The minimum absolute atomic E-state index is 0.0408. The van der Waals surface area contributed by atoms with Gasteiger partial charge in [0.05, 0.1) is 43.6 Å². The minimum Gasteiger partial charge on any atom is -0.490 e. The minimum atomic E-state index is -3.88. The number of carbonyl (C=O) groups is 1. The van der Waals surface area contributed by atoms with E-state index in [1.54, 1.807) is 6.07 Å². The molecule has 0 atom stereocenters. The first-order valence-electron chi connectivity index (χ1n) is 10.3. The van der Waals surface area contributed by atoms with Crippen LogP contribution in [0.25, 0.3) is 0 Å². The van der Waals surface area contributed by atoms with Crippen LogP contribution in [0.4, 0.5) is 5.13 Å². The van der Waals surface area contributed by atoms with Crippen LogP contribution in [-0.2, 0) is 26.1 Å². The Hall–Kier alpha value is -2.25. The molecule has 0 spiro atoms. The van der Waals surface area contributed by atoms with Crippen molar-refractivity contribution >= 4 is 32.4 Å². The Labute approximate surface area is 191 Å². The number of hydrogen-bond acceptors (Lipinski definition) is 9. The quantitative estimate of drug-likeness (QED) is 0.631. The smallest absolute Gasteiger partial charge is 0.243 e. The average molecular weight is 483 g/mol. The van der Waals surface area contributed by atoms with E-state index in [1.807, 2.05) is 5.38 Å². The highest BCUT2D eigenvalue weighted by Crippen LogP contribution is 2.32. The highest BCUT2D eigenvalue weighted by atomic mass is 32.2. The summed E-state index contributed by atoms with van der Waals surface area (Å²) < 4.78 is 43.3. The number of carbonyl (C=O) groups excluding carboxylic acids is 1. The predicted octanol–water partition coefficient (Wildman–Crippen LogP) is 1.40. The fraction of sp³-hybridized carbons (Fsp3) is 0.500. The Morgan fingerprint density at radius 2 is 1.94 bits per heavy atom. The van der Waals surface area contributed by atoms with Crippen LogP contribution in [0.15, 0.2) is 28.5 Å². The fourth-order valence-corrected chi connectivity index (χ4v) is 5.22. The van der Waals surface area contributed by atoms with E-state index in [4.69, 9.17) is 14.2 Å². The third-order valence-electron chi connectivity index (χ3n) is 5.08. The lowest BCUT2D eigenvalue weighted by molar-refractivity contribution is -0.116. The van der Waals surface area contributed by atoms with Gasteiger partial charge in [0.25, 0.3) is 0 Å². The number of ether oxygens (including phenoxy) is 3. The normalized spacial score (nSPS) is 17.2. The molecule has 1 aromatic heterocycles. The van der Waals surface area contributed by atoms with E-state index in [2.05, 4.69) is 15.2 Å². The maximum atomic E-state index is 12.9. The molecule has 0 unspecified atom stereocenters. The summed E-state index contributed by atoms with van der Waals surface area (Å²) in [6.45, 7) is 4.43. The lowest BCUT2D eigenvalue weighted by atomic mass is 10.3. The van der Waals surface area contributed by atoms with Gasteiger partial charge in [-0.3, -0.25) is 9.69 Å². The number of nitrogens with zero attached hydrogens (tertiary/aromatic N) is 3. The van der Waals surface area contributed by atoms with Crippen molar-refractivity contribution in [3.05, 3.63) is 29.3 Å². The van der Waals surface area contributed by atoms with Gasteiger partial charge in [-0.1, -0.05) is 0 Å². The molecule has 1 aromatic carbocycles. The molecule has 12 heteroatoms. The summed E-state index contributed by atoms with van der Waals surface area (Å²) in [6, 6.07) is 4.46. The van der Waals surface area contributed by atoms with Crippen molar-refractivity contribution in [1.29, 1.82) is 0 Å². The third kappa shape index (κ3) is 5.56. The summed E-state index contributed by atoms with van der Waals surface area (Å²) in [7, 11) is -2.52. The lowest BCUT2D eigenvalue weighted by Gasteiger charge is -2.25. The zero-order valence-electron chi connectivity index (χ0n) is 17.8. The number of anilines is 1. The number of amides is 1. The van der Waals surface area contributed by atoms with Gasteiger partial charge in [0.1, 0.15) is 0 Å². The molecule has 0 bridgehead atoms. The molecule has 2 aliphatic heterocycles. The maximum Gasteiger partial charge on any atom is 0.243 e. The molecule has 0 saturated carbocycles. The zero-order chi connectivity index (χ0) is 22.6. The number of benzene rings is 1. The second-order valence-electron chi connectivity index (χ2n) is 7.50. The Morgan fingerprint density at radius 3 is 2.72 bits per heavy atom. The maximum absolute atomic E-state index is 12.9. The summed E-state index contributed by atoms with van der Waals surface area (Å²) in [5.41, 5.74) is 0.861. The number of aromatic nitrogens is 1. The molecular weight excluding hydrogens is 456 g/mol. The molecule has 32 heavy (non-hydrogen) atoms. The molecule has 1 saturated heterocycles. The highest BCUT2D eigenvalue weighted by Gasteiger charge is 2.25. The first-order chi connectivity index (χ1) is 15.4.